The molecule has 1 aliphatic rings. The van der Waals surface area contributed by atoms with Crippen LogP contribution < -0.4 is 5.73 Å². The van der Waals surface area contributed by atoms with E-state index >= 15 is 0 Å². The molecule has 0 bridgehead atoms. The van der Waals surface area contributed by atoms with Crippen molar-refractivity contribution in [2.45, 2.75) is 58.2 Å². The highest BCUT2D eigenvalue weighted by molar-refractivity contribution is 4.88. The Morgan fingerprint density at radius 1 is 1.31 bits per heavy atom. The van der Waals surface area contributed by atoms with Crippen LogP contribution in [-0.4, -0.2) is 54.1 Å². The van der Waals surface area contributed by atoms with E-state index in [0.717, 1.165) is 19.5 Å². The van der Waals surface area contributed by atoms with Crippen LogP contribution >= 0.6 is 0 Å². The normalized spacial score (nSPS) is 30.4. The summed E-state index contributed by atoms with van der Waals surface area (Å²) in [7, 11) is 2.24. The molecule has 0 spiro atoms. The molecular formula is C13H29N3. The molecule has 0 aromatic rings. The summed E-state index contributed by atoms with van der Waals surface area (Å²) in [6.45, 7) is 12.4. The minimum absolute atomic E-state index is 0.261. The first-order chi connectivity index (χ1) is 7.36. The second-order valence-corrected chi connectivity index (χ2v) is 6.17. The van der Waals surface area contributed by atoms with Gasteiger partial charge in [-0.15, -0.1) is 0 Å². The van der Waals surface area contributed by atoms with Gasteiger partial charge >= 0.3 is 0 Å². The lowest BCUT2D eigenvalue weighted by atomic mass is 10.0. The summed E-state index contributed by atoms with van der Waals surface area (Å²) in [5.74, 6) is 0. The molecule has 1 saturated heterocycles. The third kappa shape index (κ3) is 3.44. The highest BCUT2D eigenvalue weighted by Crippen LogP contribution is 2.24. The average Bonchev–Trinajstić information content (AvgIpc) is 2.30. The summed E-state index contributed by atoms with van der Waals surface area (Å²) in [6, 6.07) is 1.29. The van der Waals surface area contributed by atoms with E-state index in [4.69, 9.17) is 5.73 Å². The van der Waals surface area contributed by atoms with Gasteiger partial charge in [-0.1, -0.05) is 0 Å². The van der Waals surface area contributed by atoms with Crippen molar-refractivity contribution in [1.29, 1.82) is 0 Å². The summed E-state index contributed by atoms with van der Waals surface area (Å²) >= 11 is 0. The summed E-state index contributed by atoms with van der Waals surface area (Å²) in [5.41, 5.74) is 5.98. The number of rotatable bonds is 2. The van der Waals surface area contributed by atoms with Gasteiger partial charge in [0.05, 0.1) is 0 Å². The van der Waals surface area contributed by atoms with Crippen LogP contribution in [0.1, 0.15) is 40.5 Å². The van der Waals surface area contributed by atoms with Gasteiger partial charge in [-0.25, -0.2) is 0 Å². The predicted molar refractivity (Wildman–Crippen MR) is 70.6 cm³/mol. The molecule has 16 heavy (non-hydrogen) atoms. The standard InChI is InChI=1S/C13H29N3/c1-11-7-9-15(5)12(6-8-14)10-16(11)13(2,3)4/h11-12H,6-10,14H2,1-5H3. The van der Waals surface area contributed by atoms with Crippen molar-refractivity contribution in [3.05, 3.63) is 0 Å². The first kappa shape index (κ1) is 13.9. The van der Waals surface area contributed by atoms with Crippen molar-refractivity contribution in [2.75, 3.05) is 26.7 Å². The lowest BCUT2D eigenvalue weighted by Gasteiger charge is -2.41. The van der Waals surface area contributed by atoms with E-state index in [1.165, 1.54) is 13.0 Å². The van der Waals surface area contributed by atoms with Gasteiger partial charge in [-0.3, -0.25) is 4.90 Å². The second-order valence-electron chi connectivity index (χ2n) is 6.17. The zero-order valence-electron chi connectivity index (χ0n) is 11.7. The van der Waals surface area contributed by atoms with E-state index in [0.29, 0.717) is 12.1 Å². The Balaban J connectivity index is 2.76. The van der Waals surface area contributed by atoms with Crippen LogP contribution in [0.4, 0.5) is 0 Å². The van der Waals surface area contributed by atoms with Gasteiger partial charge in [0, 0.05) is 24.2 Å². The maximum absolute atomic E-state index is 5.72. The molecule has 1 rings (SSSR count). The Labute approximate surface area is 101 Å². The highest BCUT2D eigenvalue weighted by Gasteiger charge is 2.32. The molecule has 0 amide bonds. The zero-order valence-corrected chi connectivity index (χ0v) is 11.7. The number of nitrogens with two attached hydrogens (primary N) is 1. The minimum Gasteiger partial charge on any atom is -0.330 e. The van der Waals surface area contributed by atoms with Gasteiger partial charge < -0.3 is 10.6 Å². The van der Waals surface area contributed by atoms with Crippen LogP contribution in [0.15, 0.2) is 0 Å². The molecule has 1 heterocycles. The average molecular weight is 227 g/mol. The van der Waals surface area contributed by atoms with Gasteiger partial charge in [0.2, 0.25) is 0 Å². The number of hydrogen-bond donors (Lipinski definition) is 1. The van der Waals surface area contributed by atoms with Gasteiger partial charge in [0.1, 0.15) is 0 Å². The molecule has 0 saturated carbocycles. The largest absolute Gasteiger partial charge is 0.330 e. The van der Waals surface area contributed by atoms with Crippen LogP contribution in [0, 0.1) is 0 Å². The van der Waals surface area contributed by atoms with E-state index in [1.54, 1.807) is 0 Å². The molecule has 0 radical (unpaired) electrons. The second kappa shape index (κ2) is 5.48. The fraction of sp³-hybridized carbons (Fsp3) is 1.00. The van der Waals surface area contributed by atoms with E-state index in [1.807, 2.05) is 0 Å². The third-order valence-corrected chi connectivity index (χ3v) is 3.82. The van der Waals surface area contributed by atoms with E-state index in [9.17, 15) is 0 Å². The van der Waals surface area contributed by atoms with Crippen molar-refractivity contribution >= 4 is 0 Å². The van der Waals surface area contributed by atoms with E-state index in [-0.39, 0.29) is 5.54 Å². The first-order valence-corrected chi connectivity index (χ1v) is 6.53. The molecule has 1 fully saturated rings. The Morgan fingerprint density at radius 2 is 1.94 bits per heavy atom. The molecule has 96 valence electrons. The Bertz CT molecular complexity index is 210. The lowest BCUT2D eigenvalue weighted by molar-refractivity contribution is 0.0794. The first-order valence-electron chi connectivity index (χ1n) is 6.53. The zero-order chi connectivity index (χ0) is 12.3. The number of hydrogen-bond acceptors (Lipinski definition) is 3. The van der Waals surface area contributed by atoms with Gasteiger partial charge in [0.15, 0.2) is 0 Å². The molecule has 0 aliphatic carbocycles. The summed E-state index contributed by atoms with van der Waals surface area (Å²) < 4.78 is 0. The highest BCUT2D eigenvalue weighted by atomic mass is 15.3. The van der Waals surface area contributed by atoms with Crippen LogP contribution in [0.2, 0.25) is 0 Å². The molecule has 3 heteroatoms. The summed E-state index contributed by atoms with van der Waals surface area (Å²) in [4.78, 5) is 5.12. The van der Waals surface area contributed by atoms with Gasteiger partial charge in [-0.05, 0) is 60.7 Å². The van der Waals surface area contributed by atoms with E-state index < -0.39 is 0 Å². The third-order valence-electron chi connectivity index (χ3n) is 3.82. The molecular weight excluding hydrogens is 198 g/mol. The summed E-state index contributed by atoms with van der Waals surface area (Å²) in [5, 5.41) is 0. The molecule has 0 aromatic heterocycles. The lowest BCUT2D eigenvalue weighted by Crippen LogP contribution is -2.50. The van der Waals surface area contributed by atoms with Crippen molar-refractivity contribution in [3.63, 3.8) is 0 Å². The number of likely N-dealkylation sites (N-methyl/N-ethyl adjacent to an activating group) is 1. The monoisotopic (exact) mass is 227 g/mol. The van der Waals surface area contributed by atoms with Gasteiger partial charge in [-0.2, -0.15) is 0 Å². The maximum Gasteiger partial charge on any atom is 0.0232 e. The number of nitrogens with zero attached hydrogens (tertiary/aromatic N) is 2. The smallest absolute Gasteiger partial charge is 0.0232 e. The topological polar surface area (TPSA) is 32.5 Å². The SMILES string of the molecule is CC1CCN(C)C(CCN)CN1C(C)(C)C. The van der Waals surface area contributed by atoms with Crippen molar-refractivity contribution < 1.29 is 0 Å². The van der Waals surface area contributed by atoms with Crippen LogP contribution in [0.3, 0.4) is 0 Å². The van der Waals surface area contributed by atoms with Crippen LogP contribution in [0.25, 0.3) is 0 Å². The van der Waals surface area contributed by atoms with Crippen LogP contribution in [0.5, 0.6) is 0 Å². The summed E-state index contributed by atoms with van der Waals surface area (Å²) in [6.07, 6.45) is 2.37. The van der Waals surface area contributed by atoms with Gasteiger partial charge in [0.25, 0.3) is 0 Å². The molecule has 2 N–H and O–H groups in total. The van der Waals surface area contributed by atoms with Crippen molar-refractivity contribution in [2.24, 2.45) is 5.73 Å². The molecule has 1 aliphatic heterocycles. The molecule has 0 aromatic carbocycles. The fourth-order valence-electron chi connectivity index (χ4n) is 2.71. The fourth-order valence-corrected chi connectivity index (χ4v) is 2.71. The Kier molecular flexibility index (Phi) is 4.77. The van der Waals surface area contributed by atoms with Crippen molar-refractivity contribution in [1.82, 2.24) is 9.80 Å². The Morgan fingerprint density at radius 3 is 2.44 bits per heavy atom. The van der Waals surface area contributed by atoms with Crippen LogP contribution in [-0.2, 0) is 0 Å². The predicted octanol–water partition coefficient (Wildman–Crippen LogP) is 1.53. The molecule has 3 nitrogen and oxygen atoms in total. The molecule has 2 unspecified atom stereocenters. The minimum atomic E-state index is 0.261. The van der Waals surface area contributed by atoms with Crippen molar-refractivity contribution in [3.8, 4) is 0 Å². The maximum atomic E-state index is 5.72. The quantitative estimate of drug-likeness (QED) is 0.776. The Hall–Kier alpha value is -0.120. The van der Waals surface area contributed by atoms with E-state index in [2.05, 4.69) is 44.5 Å². The molecule has 2 atom stereocenters.